The molecular weight excluding hydrogens is 1710 g/mol. The van der Waals surface area contributed by atoms with E-state index in [-0.39, 0.29) is 38.4 Å². The number of aliphatic imine (C=N–C) groups is 3. The largest absolute Gasteiger partial charge is 0.416 e. The molecule has 39 heteroatoms. The highest BCUT2D eigenvalue weighted by Crippen LogP contribution is 2.68. The number of alkyl halides is 15. The first-order valence-electron chi connectivity index (χ1n) is 28.3. The van der Waals surface area contributed by atoms with Crippen LogP contribution in [0.2, 0.25) is 20.1 Å². The molecular formula is C56H76Cl21F3N10O4S. The molecule has 6 atom stereocenters. The standard InChI is InChI=1S/C14H14Cl4F3N3.2C7H10Cl3N.C7H8Cl2N2.2C7H11Cl2NO.C5H5Cl3O.C2H7N.Cl2OS/c1-3-22-11(12(2)6-13(12,17)18)24-23-10-8(15)4-7(5-9(10)16)14(19,20)21;2*1-3-11-5(8)6(2)4-7(6,9)10;1-4-2-5(8)7(11-10)6(9)3-4;2*1-3-10-5(11)6(2)4-7(6,8)9;1-4(3(6)9)2-5(4,7)8;1-2-3;1-4(2)3/h4-5,23H,3,6H2,1-2H3,(H,22,24);2*3-4H2,1-2H3;2-3,11H,10H2,1H3;2*3-4H2,1-2H3,(H,10,11);2H2,1H3;2-3H2,1H3;. The Labute approximate surface area is 661 Å². The summed E-state index contributed by atoms with van der Waals surface area (Å²) in [7, 11) is 7.36. The van der Waals surface area contributed by atoms with Crippen LogP contribution in [0.15, 0.2) is 39.2 Å². The highest BCUT2D eigenvalue weighted by Gasteiger charge is 2.70. The normalized spacial score (nSPS) is 27.1. The van der Waals surface area contributed by atoms with Crippen LogP contribution >= 0.6 is 242 Å². The summed E-state index contributed by atoms with van der Waals surface area (Å²) in [6.07, 6.45) is -1.08. The number of benzene rings is 2. The van der Waals surface area contributed by atoms with Crippen molar-refractivity contribution in [3.8, 4) is 0 Å². The number of hydrogen-bond donors (Lipinski definition) is 7. The minimum Gasteiger partial charge on any atom is -0.356 e. The summed E-state index contributed by atoms with van der Waals surface area (Å²) in [4.78, 5) is 45.5. The molecule has 2 amide bonds. The summed E-state index contributed by atoms with van der Waals surface area (Å²) >= 11 is 111. The lowest BCUT2D eigenvalue weighted by atomic mass is 10.1. The Morgan fingerprint density at radius 1 is 0.516 bits per heavy atom. The Bertz CT molecular complexity index is 2950. The van der Waals surface area contributed by atoms with E-state index in [1.165, 1.54) is 0 Å². The topological polar surface area (TPSA) is 218 Å². The first kappa shape index (κ1) is 96.4. The Morgan fingerprint density at radius 2 is 0.779 bits per heavy atom. The molecule has 0 bridgehead atoms. The molecule has 0 aliphatic heterocycles. The van der Waals surface area contributed by atoms with Crippen molar-refractivity contribution in [1.82, 2.24) is 16.1 Å². The van der Waals surface area contributed by atoms with Gasteiger partial charge in [0.25, 0.3) is 0 Å². The number of hydrazine groups is 2. The number of anilines is 2. The van der Waals surface area contributed by atoms with Crippen LogP contribution in [-0.2, 0) is 29.8 Å². The summed E-state index contributed by atoms with van der Waals surface area (Å²) in [5.41, 5.74) is 10.5. The number of carbonyl (C=O) groups excluding carboxylic acids is 3. The molecule has 0 spiro atoms. The molecule has 6 fully saturated rings. The molecule has 95 heavy (non-hydrogen) atoms. The Morgan fingerprint density at radius 3 is 0.979 bits per heavy atom. The third-order valence-electron chi connectivity index (χ3n) is 15.0. The van der Waals surface area contributed by atoms with E-state index in [9.17, 15) is 27.6 Å². The van der Waals surface area contributed by atoms with Crippen LogP contribution in [0.5, 0.6) is 0 Å². The minimum absolute atomic E-state index is 0.0509. The zero-order chi connectivity index (χ0) is 75.1. The molecule has 0 heterocycles. The molecule has 2 aromatic carbocycles. The number of nitrogens with zero attached hydrogens (tertiary/aromatic N) is 3. The number of carbonyl (C=O) groups is 3. The van der Waals surface area contributed by atoms with Gasteiger partial charge in [0.1, 0.15) is 42.2 Å². The van der Waals surface area contributed by atoms with Crippen molar-refractivity contribution in [1.29, 1.82) is 0 Å². The number of hydrogen-bond acceptors (Lipinski definition) is 11. The molecule has 14 nitrogen and oxygen atoms in total. The van der Waals surface area contributed by atoms with Gasteiger partial charge in [0.05, 0.1) is 69.5 Å². The number of rotatable bonds is 14. The minimum atomic E-state index is -4.54. The van der Waals surface area contributed by atoms with Gasteiger partial charge in [-0.2, -0.15) is 13.2 Å². The maximum absolute atomic E-state index is 12.7. The molecule has 8 rings (SSSR count). The highest BCUT2D eigenvalue weighted by molar-refractivity contribution is 8.26. The van der Waals surface area contributed by atoms with E-state index in [2.05, 4.69) is 63.3 Å². The summed E-state index contributed by atoms with van der Waals surface area (Å²) in [6, 6.07) is 5.17. The maximum atomic E-state index is 12.7. The summed E-state index contributed by atoms with van der Waals surface area (Å²) in [5, 5.41) is 6.75. The fraction of sp³-hybridized carbons (Fsp3) is 0.679. The van der Waals surface area contributed by atoms with Crippen molar-refractivity contribution in [3.63, 3.8) is 0 Å². The molecule has 0 saturated heterocycles. The van der Waals surface area contributed by atoms with Crippen LogP contribution in [0.3, 0.4) is 0 Å². The molecule has 9 N–H and O–H groups in total. The van der Waals surface area contributed by atoms with Gasteiger partial charge in [-0.15, -0.1) is 139 Å². The number of amides is 2. The van der Waals surface area contributed by atoms with Gasteiger partial charge >= 0.3 is 6.18 Å². The van der Waals surface area contributed by atoms with Gasteiger partial charge in [-0.3, -0.25) is 46.1 Å². The summed E-state index contributed by atoms with van der Waals surface area (Å²) in [6.45, 7) is 27.9. The van der Waals surface area contributed by atoms with Crippen molar-refractivity contribution >= 4 is 296 Å². The Balaban J connectivity index is 0.00000110. The van der Waals surface area contributed by atoms with Crippen LogP contribution in [0.25, 0.3) is 0 Å². The first-order valence-corrected chi connectivity index (χ1v) is 38.3. The smallest absolute Gasteiger partial charge is 0.356 e. The second kappa shape index (κ2) is 38.6. The zero-order valence-electron chi connectivity index (χ0n) is 53.4. The van der Waals surface area contributed by atoms with Crippen LogP contribution in [0.4, 0.5) is 24.5 Å². The van der Waals surface area contributed by atoms with Gasteiger partial charge in [0, 0.05) is 54.1 Å². The van der Waals surface area contributed by atoms with Gasteiger partial charge in [0.15, 0.2) is 0 Å². The molecule has 0 aromatic heterocycles. The lowest BCUT2D eigenvalue weighted by Gasteiger charge is -2.20. The monoisotopic (exact) mass is 1780 g/mol. The van der Waals surface area contributed by atoms with E-state index < -0.39 is 73.9 Å². The lowest BCUT2D eigenvalue weighted by molar-refractivity contribution is -0.137. The van der Waals surface area contributed by atoms with Gasteiger partial charge in [0.2, 0.25) is 26.3 Å². The fourth-order valence-corrected chi connectivity index (χ4v) is 14.2. The molecule has 6 saturated carbocycles. The van der Waals surface area contributed by atoms with E-state index in [4.69, 9.17) is 236 Å². The molecule has 548 valence electrons. The van der Waals surface area contributed by atoms with E-state index in [0.29, 0.717) is 103 Å². The van der Waals surface area contributed by atoms with Crippen LogP contribution in [0.1, 0.15) is 133 Å². The number of nitrogen functional groups attached to an aromatic ring is 1. The molecule has 6 aliphatic carbocycles. The highest BCUT2D eigenvalue weighted by atomic mass is 36.0. The van der Waals surface area contributed by atoms with Crippen LogP contribution < -0.4 is 38.5 Å². The van der Waals surface area contributed by atoms with Gasteiger partial charge in [-0.05, 0) is 156 Å². The molecule has 6 unspecified atom stereocenters. The third-order valence-corrected chi connectivity index (χ3v) is 24.3. The predicted molar refractivity (Wildman–Crippen MR) is 409 cm³/mol. The Hall–Kier alpha value is 1.41. The van der Waals surface area contributed by atoms with E-state index >= 15 is 0 Å². The maximum Gasteiger partial charge on any atom is 0.416 e. The van der Waals surface area contributed by atoms with Gasteiger partial charge < -0.3 is 21.8 Å². The fourth-order valence-electron chi connectivity index (χ4n) is 7.47. The summed E-state index contributed by atoms with van der Waals surface area (Å²) < 4.78 is 42.4. The number of aryl methyl sites for hydroxylation is 1. The van der Waals surface area contributed by atoms with Crippen molar-refractivity contribution in [2.24, 2.45) is 59.0 Å². The molecule has 6 aliphatic rings. The first-order chi connectivity index (χ1) is 42.9. The van der Waals surface area contributed by atoms with Gasteiger partial charge in [-0.1, -0.05) is 90.4 Å². The number of nitrogens with two attached hydrogens (primary N) is 2. The van der Waals surface area contributed by atoms with Crippen molar-refractivity contribution in [2.45, 2.75) is 161 Å². The van der Waals surface area contributed by atoms with Crippen molar-refractivity contribution < 1.29 is 31.8 Å². The van der Waals surface area contributed by atoms with E-state index in [1.54, 1.807) is 32.9 Å². The SMILES string of the molecule is CC1(C(=O)Cl)CC1(Cl)Cl.CCN.CCN=C(Cl)C1(C)CC1(Cl)Cl.CCN=C(Cl)C1(C)CC1(Cl)Cl.CCN=C(NNc1c(Cl)cc(C(F)(F)F)cc1Cl)C1(C)CC1(Cl)Cl.CCNC(=O)C1(C)CC1(Cl)Cl.CCNC(=O)C1(C)CC1(Cl)Cl.Cc1cc(Cl)c(NN)c(Cl)c1.O=S(Cl)Cl. The molecule has 2 aromatic rings. The van der Waals surface area contributed by atoms with Gasteiger partial charge in [-0.25, -0.2) is 4.21 Å². The average molecular weight is 1790 g/mol. The zero-order valence-corrected chi connectivity index (χ0v) is 70.1. The van der Waals surface area contributed by atoms with E-state index in [1.807, 2.05) is 69.2 Å². The second-order valence-corrected chi connectivity index (χ2v) is 37.1. The average Bonchev–Trinajstić information content (AvgIpc) is 1.59. The second-order valence-electron chi connectivity index (χ2n) is 23.0. The summed E-state index contributed by atoms with van der Waals surface area (Å²) in [5.74, 6) is 5.55. The number of amidine groups is 1. The lowest BCUT2D eigenvalue weighted by Crippen LogP contribution is -2.38. The van der Waals surface area contributed by atoms with Crippen molar-refractivity contribution in [3.05, 3.63) is 55.5 Å². The predicted octanol–water partition coefficient (Wildman–Crippen LogP) is 21.7. The van der Waals surface area contributed by atoms with Crippen LogP contribution in [-0.4, -0.2) is 103 Å². The number of halogens is 24. The quantitative estimate of drug-likeness (QED) is 0.0239. The molecule has 0 radical (unpaired) electrons. The Kier molecular flexibility index (Phi) is 39.2. The van der Waals surface area contributed by atoms with Crippen molar-refractivity contribution in [2.75, 3.05) is 50.1 Å². The van der Waals surface area contributed by atoms with E-state index in [0.717, 1.165) is 24.2 Å². The third kappa shape index (κ3) is 27.1. The van der Waals surface area contributed by atoms with Crippen LogP contribution in [0, 0.1) is 39.4 Å². The number of nitrogens with one attached hydrogen (secondary N) is 5.